The molecule has 0 saturated carbocycles. The lowest BCUT2D eigenvalue weighted by Crippen LogP contribution is -2.03. The zero-order chi connectivity index (χ0) is 5.98. The van der Waals surface area contributed by atoms with Crippen molar-refractivity contribution >= 4 is 0 Å². The Morgan fingerprint density at radius 1 is 1.62 bits per heavy atom. The molecule has 0 amide bonds. The van der Waals surface area contributed by atoms with Gasteiger partial charge in [0.2, 0.25) is 0 Å². The van der Waals surface area contributed by atoms with Crippen molar-refractivity contribution in [3.63, 3.8) is 0 Å². The maximum absolute atomic E-state index is 8.31. The summed E-state index contributed by atoms with van der Waals surface area (Å²) in [5, 5.41) is 8.31. The first-order valence-corrected chi connectivity index (χ1v) is 2.88. The number of ether oxygens (including phenoxy) is 1. The van der Waals surface area contributed by atoms with Crippen LogP contribution in [-0.4, -0.2) is 12.2 Å². The largest absolute Gasteiger partial charge is 0.360 e. The molecule has 2 unspecified atom stereocenters. The van der Waals surface area contributed by atoms with E-state index in [0.29, 0.717) is 6.10 Å². The molecular formula is C6H9NO. The maximum atomic E-state index is 8.31. The molecule has 0 aromatic heterocycles. The van der Waals surface area contributed by atoms with Gasteiger partial charge in [0.1, 0.15) is 6.10 Å². The Bertz CT molecular complexity index is 116. The van der Waals surface area contributed by atoms with Gasteiger partial charge < -0.3 is 4.74 Å². The van der Waals surface area contributed by atoms with Crippen molar-refractivity contribution in [2.45, 2.75) is 32.0 Å². The second-order valence-corrected chi connectivity index (χ2v) is 2.14. The maximum Gasteiger partial charge on any atom is 0.144 e. The highest BCUT2D eigenvalue weighted by molar-refractivity contribution is 4.88. The van der Waals surface area contributed by atoms with Gasteiger partial charge in [0.05, 0.1) is 12.2 Å². The first-order valence-electron chi connectivity index (χ1n) is 2.88. The molecule has 0 aromatic carbocycles. The molecule has 1 aliphatic rings. The van der Waals surface area contributed by atoms with Crippen molar-refractivity contribution in [1.29, 1.82) is 5.26 Å². The Balaban J connectivity index is 2.35. The fourth-order valence-corrected chi connectivity index (χ4v) is 0.898. The average molecular weight is 111 g/mol. The van der Waals surface area contributed by atoms with Gasteiger partial charge in [-0.15, -0.1) is 0 Å². The van der Waals surface area contributed by atoms with E-state index in [1.165, 1.54) is 0 Å². The molecule has 0 N–H and O–H groups in total. The zero-order valence-corrected chi connectivity index (χ0v) is 4.92. The topological polar surface area (TPSA) is 33.0 Å². The molecule has 0 spiro atoms. The van der Waals surface area contributed by atoms with Crippen molar-refractivity contribution in [3.8, 4) is 6.07 Å². The molecule has 1 heterocycles. The van der Waals surface area contributed by atoms with Gasteiger partial charge in [-0.05, 0) is 19.8 Å². The van der Waals surface area contributed by atoms with Gasteiger partial charge in [-0.2, -0.15) is 5.26 Å². The molecule has 1 aliphatic heterocycles. The quantitative estimate of drug-likeness (QED) is 0.468. The third-order valence-electron chi connectivity index (χ3n) is 1.38. The van der Waals surface area contributed by atoms with Gasteiger partial charge in [0.25, 0.3) is 0 Å². The van der Waals surface area contributed by atoms with Crippen LogP contribution < -0.4 is 0 Å². The van der Waals surface area contributed by atoms with Gasteiger partial charge in [-0.25, -0.2) is 0 Å². The van der Waals surface area contributed by atoms with E-state index >= 15 is 0 Å². The van der Waals surface area contributed by atoms with E-state index in [4.69, 9.17) is 10.00 Å². The normalized spacial score (nSPS) is 37.0. The molecule has 44 valence electrons. The number of hydrogen-bond donors (Lipinski definition) is 0. The van der Waals surface area contributed by atoms with Crippen LogP contribution in [0, 0.1) is 11.3 Å². The second kappa shape index (κ2) is 2.15. The predicted octanol–water partition coefficient (Wildman–Crippen LogP) is 1.08. The van der Waals surface area contributed by atoms with E-state index < -0.39 is 0 Å². The highest BCUT2D eigenvalue weighted by Crippen LogP contribution is 2.17. The van der Waals surface area contributed by atoms with Crippen LogP contribution in [0.2, 0.25) is 0 Å². The molecule has 1 fully saturated rings. The third-order valence-corrected chi connectivity index (χ3v) is 1.38. The number of nitriles is 1. The summed E-state index contributed by atoms with van der Waals surface area (Å²) in [5.74, 6) is 0. The number of nitrogens with zero attached hydrogens (tertiary/aromatic N) is 1. The lowest BCUT2D eigenvalue weighted by atomic mass is 10.2. The standard InChI is InChI=1S/C6H9NO/c1-5-2-3-6(4-7)8-5/h5-6H,2-3H2,1H3. The fourth-order valence-electron chi connectivity index (χ4n) is 0.898. The summed E-state index contributed by atoms with van der Waals surface area (Å²) in [6.07, 6.45) is 2.14. The predicted molar refractivity (Wildman–Crippen MR) is 29.2 cm³/mol. The molecule has 8 heavy (non-hydrogen) atoms. The molecular weight excluding hydrogens is 102 g/mol. The van der Waals surface area contributed by atoms with Gasteiger partial charge in [-0.1, -0.05) is 0 Å². The zero-order valence-electron chi connectivity index (χ0n) is 4.92. The Hall–Kier alpha value is -0.550. The summed E-state index contributed by atoms with van der Waals surface area (Å²) in [4.78, 5) is 0. The van der Waals surface area contributed by atoms with Crippen molar-refractivity contribution in [1.82, 2.24) is 0 Å². The van der Waals surface area contributed by atoms with E-state index in [0.717, 1.165) is 12.8 Å². The second-order valence-electron chi connectivity index (χ2n) is 2.14. The molecule has 0 bridgehead atoms. The van der Waals surface area contributed by atoms with Gasteiger partial charge >= 0.3 is 0 Å². The summed E-state index contributed by atoms with van der Waals surface area (Å²) in [6, 6.07) is 2.07. The van der Waals surface area contributed by atoms with E-state index in [1.54, 1.807) is 0 Å². The Morgan fingerprint density at radius 2 is 2.38 bits per heavy atom. The van der Waals surface area contributed by atoms with Crippen LogP contribution in [0.3, 0.4) is 0 Å². The summed E-state index contributed by atoms with van der Waals surface area (Å²) in [5.41, 5.74) is 0. The molecule has 1 rings (SSSR count). The summed E-state index contributed by atoms with van der Waals surface area (Å²) < 4.78 is 5.15. The van der Waals surface area contributed by atoms with E-state index in [1.807, 2.05) is 6.92 Å². The van der Waals surface area contributed by atoms with Crippen LogP contribution in [-0.2, 0) is 4.74 Å². The van der Waals surface area contributed by atoms with Crippen LogP contribution in [0.15, 0.2) is 0 Å². The molecule has 2 heteroatoms. The smallest absolute Gasteiger partial charge is 0.144 e. The first-order chi connectivity index (χ1) is 3.83. The van der Waals surface area contributed by atoms with Gasteiger partial charge in [0.15, 0.2) is 0 Å². The molecule has 0 radical (unpaired) electrons. The van der Waals surface area contributed by atoms with Crippen LogP contribution in [0.5, 0.6) is 0 Å². The van der Waals surface area contributed by atoms with E-state index in [-0.39, 0.29) is 6.10 Å². The van der Waals surface area contributed by atoms with Crippen LogP contribution in [0.25, 0.3) is 0 Å². The highest BCUT2D eigenvalue weighted by Gasteiger charge is 2.20. The Kier molecular flexibility index (Phi) is 1.50. The minimum absolute atomic E-state index is 0.120. The molecule has 0 aromatic rings. The number of hydrogen-bond acceptors (Lipinski definition) is 2. The third kappa shape index (κ3) is 0.988. The molecule has 1 saturated heterocycles. The summed E-state index contributed by atoms with van der Waals surface area (Å²) in [6.45, 7) is 2.00. The number of rotatable bonds is 0. The Labute approximate surface area is 49.1 Å². The Morgan fingerprint density at radius 3 is 2.62 bits per heavy atom. The van der Waals surface area contributed by atoms with Crippen LogP contribution in [0.4, 0.5) is 0 Å². The highest BCUT2D eigenvalue weighted by atomic mass is 16.5. The minimum atomic E-state index is -0.120. The summed E-state index contributed by atoms with van der Waals surface area (Å²) in [7, 11) is 0. The average Bonchev–Trinajstić information content (AvgIpc) is 2.14. The van der Waals surface area contributed by atoms with Gasteiger partial charge in [-0.3, -0.25) is 0 Å². The van der Waals surface area contributed by atoms with Gasteiger partial charge in [0, 0.05) is 0 Å². The van der Waals surface area contributed by atoms with Crippen molar-refractivity contribution < 1.29 is 4.74 Å². The van der Waals surface area contributed by atoms with Crippen molar-refractivity contribution in [3.05, 3.63) is 0 Å². The first kappa shape index (κ1) is 5.58. The molecule has 0 aliphatic carbocycles. The lowest BCUT2D eigenvalue weighted by Gasteiger charge is -1.99. The molecule has 2 nitrogen and oxygen atoms in total. The van der Waals surface area contributed by atoms with Crippen molar-refractivity contribution in [2.75, 3.05) is 0 Å². The van der Waals surface area contributed by atoms with E-state index in [9.17, 15) is 0 Å². The summed E-state index contributed by atoms with van der Waals surface area (Å²) >= 11 is 0. The molecule has 2 atom stereocenters. The fraction of sp³-hybridized carbons (Fsp3) is 0.833. The minimum Gasteiger partial charge on any atom is -0.360 e. The lowest BCUT2D eigenvalue weighted by molar-refractivity contribution is 0.0874. The van der Waals surface area contributed by atoms with Crippen LogP contribution in [0.1, 0.15) is 19.8 Å². The monoisotopic (exact) mass is 111 g/mol. The van der Waals surface area contributed by atoms with E-state index in [2.05, 4.69) is 6.07 Å². The SMILES string of the molecule is CC1CCC(C#N)O1. The van der Waals surface area contributed by atoms with Crippen molar-refractivity contribution in [2.24, 2.45) is 0 Å². The van der Waals surface area contributed by atoms with Crippen LogP contribution >= 0.6 is 0 Å².